The Hall–Kier alpha value is -1.64. The van der Waals surface area contributed by atoms with Gasteiger partial charge in [0.1, 0.15) is 12.1 Å². The van der Waals surface area contributed by atoms with Gasteiger partial charge in [0.15, 0.2) is 0 Å². The number of nitrogens with zero attached hydrogens (tertiary/aromatic N) is 5. The molecule has 1 aromatic carbocycles. The van der Waals surface area contributed by atoms with Crippen LogP contribution in [0.15, 0.2) is 30.6 Å². The van der Waals surface area contributed by atoms with Crippen molar-refractivity contribution in [3.05, 3.63) is 52.4 Å². The summed E-state index contributed by atoms with van der Waals surface area (Å²) in [5.41, 5.74) is 3.46. The maximum atomic E-state index is 13.7. The van der Waals surface area contributed by atoms with E-state index in [0.717, 1.165) is 50.3 Å². The van der Waals surface area contributed by atoms with Crippen LogP contribution in [0.25, 0.3) is 0 Å². The lowest BCUT2D eigenvalue weighted by molar-refractivity contribution is -0.133. The van der Waals surface area contributed by atoms with E-state index >= 15 is 0 Å². The quantitative estimate of drug-likeness (QED) is 0.623. The second-order valence-electron chi connectivity index (χ2n) is 9.62. The number of carbonyl (C=O) groups excluding carboxylic acids is 1. The van der Waals surface area contributed by atoms with Crippen LogP contribution in [0, 0.1) is 0 Å². The van der Waals surface area contributed by atoms with Gasteiger partial charge in [-0.15, -0.1) is 24.8 Å². The van der Waals surface area contributed by atoms with Gasteiger partial charge < -0.3 is 14.9 Å². The molecule has 3 atom stereocenters. The topological polar surface area (TPSA) is 72.8 Å². The third-order valence-corrected chi connectivity index (χ3v) is 7.65. The molecule has 192 valence electrons. The number of piperazine rings is 1. The lowest BCUT2D eigenvalue weighted by atomic mass is 9.96. The van der Waals surface area contributed by atoms with Gasteiger partial charge in [-0.2, -0.15) is 0 Å². The molecule has 10 heteroatoms. The number of anilines is 1. The van der Waals surface area contributed by atoms with E-state index in [4.69, 9.17) is 11.6 Å². The van der Waals surface area contributed by atoms with E-state index in [0.29, 0.717) is 37.1 Å². The normalized spacial score (nSPS) is 22.8. The van der Waals surface area contributed by atoms with Crippen LogP contribution >= 0.6 is 36.4 Å². The molecule has 5 rings (SSSR count). The highest BCUT2D eigenvalue weighted by atomic mass is 35.5. The highest BCUT2D eigenvalue weighted by Crippen LogP contribution is 2.37. The number of fused-ring (bicyclic) bond motifs is 1. The summed E-state index contributed by atoms with van der Waals surface area (Å²) in [4.78, 5) is 29.3. The van der Waals surface area contributed by atoms with Crippen LogP contribution in [0.3, 0.4) is 0 Å². The van der Waals surface area contributed by atoms with Crippen LogP contribution in [0.4, 0.5) is 5.82 Å². The van der Waals surface area contributed by atoms with Gasteiger partial charge in [-0.25, -0.2) is 9.97 Å². The molecule has 1 aliphatic carbocycles. The number of hydrogen-bond acceptors (Lipinski definition) is 6. The summed E-state index contributed by atoms with van der Waals surface area (Å²) in [5.74, 6) is 1.43. The monoisotopic (exact) mass is 541 g/mol. The molecule has 35 heavy (non-hydrogen) atoms. The van der Waals surface area contributed by atoms with Crippen molar-refractivity contribution in [2.45, 2.75) is 44.1 Å². The van der Waals surface area contributed by atoms with E-state index in [1.54, 1.807) is 6.33 Å². The molecule has 2 aromatic rings. The van der Waals surface area contributed by atoms with Gasteiger partial charge in [0.05, 0.1) is 12.0 Å². The van der Waals surface area contributed by atoms with E-state index in [1.165, 1.54) is 11.3 Å². The summed E-state index contributed by atoms with van der Waals surface area (Å²) in [6, 6.07) is 7.62. The molecule has 3 heterocycles. The van der Waals surface area contributed by atoms with Crippen molar-refractivity contribution in [2.24, 2.45) is 0 Å². The summed E-state index contributed by atoms with van der Waals surface area (Å²) in [6.07, 6.45) is 4.31. The summed E-state index contributed by atoms with van der Waals surface area (Å²) < 4.78 is 0. The molecular weight excluding hydrogens is 509 g/mol. The number of aromatic nitrogens is 2. The molecule has 1 unspecified atom stereocenters. The van der Waals surface area contributed by atoms with Crippen molar-refractivity contribution in [1.82, 2.24) is 19.8 Å². The molecule has 7 nitrogen and oxygen atoms in total. The average molecular weight is 543 g/mol. The minimum atomic E-state index is -0.300. The zero-order valence-electron chi connectivity index (χ0n) is 20.0. The zero-order chi connectivity index (χ0) is 22.9. The Morgan fingerprint density at radius 3 is 2.46 bits per heavy atom. The largest absolute Gasteiger partial charge is 0.392 e. The number of β-amino-alcohol motifs (C(OH)–C–C–N with tert-alkyl or cyclic N) is 1. The third kappa shape index (κ3) is 6.03. The summed E-state index contributed by atoms with van der Waals surface area (Å²) in [5, 5.41) is 10.6. The van der Waals surface area contributed by atoms with Gasteiger partial charge in [-0.1, -0.05) is 30.7 Å². The van der Waals surface area contributed by atoms with E-state index in [2.05, 4.69) is 26.7 Å². The molecule has 0 radical (unpaired) electrons. The van der Waals surface area contributed by atoms with Crippen LogP contribution in [-0.4, -0.2) is 82.7 Å². The minimum absolute atomic E-state index is 0. The number of benzene rings is 1. The summed E-state index contributed by atoms with van der Waals surface area (Å²) >= 11 is 6.10. The van der Waals surface area contributed by atoms with Gasteiger partial charge >= 0.3 is 0 Å². The fraction of sp³-hybridized carbons (Fsp3) is 0.560. The van der Waals surface area contributed by atoms with Crippen LogP contribution in [0.5, 0.6) is 0 Å². The van der Waals surface area contributed by atoms with Gasteiger partial charge in [0.25, 0.3) is 0 Å². The Morgan fingerprint density at radius 1 is 1.09 bits per heavy atom. The average Bonchev–Trinajstić information content (AvgIpc) is 3.43. The number of likely N-dealkylation sites (tertiary alicyclic amines) is 1. The molecular formula is C25H34Cl3N5O2. The van der Waals surface area contributed by atoms with Gasteiger partial charge in [-0.05, 0) is 42.9 Å². The van der Waals surface area contributed by atoms with Crippen molar-refractivity contribution in [2.75, 3.05) is 50.7 Å². The molecule has 2 aliphatic heterocycles. The van der Waals surface area contributed by atoms with E-state index in [-0.39, 0.29) is 42.7 Å². The van der Waals surface area contributed by atoms with Crippen molar-refractivity contribution in [1.29, 1.82) is 0 Å². The lowest BCUT2D eigenvalue weighted by Gasteiger charge is -2.38. The van der Waals surface area contributed by atoms with E-state index < -0.39 is 0 Å². The smallest absolute Gasteiger partial charge is 0.231 e. The first-order valence-electron chi connectivity index (χ1n) is 12.0. The predicted molar refractivity (Wildman–Crippen MR) is 143 cm³/mol. The fourth-order valence-corrected chi connectivity index (χ4v) is 5.62. The first-order chi connectivity index (χ1) is 16.0. The Kier molecular flexibility index (Phi) is 9.63. The second-order valence-corrected chi connectivity index (χ2v) is 10.1. The number of halogens is 3. The van der Waals surface area contributed by atoms with Crippen LogP contribution < -0.4 is 4.90 Å². The van der Waals surface area contributed by atoms with Gasteiger partial charge in [0, 0.05) is 62.1 Å². The fourth-order valence-electron chi connectivity index (χ4n) is 5.49. The maximum Gasteiger partial charge on any atom is 0.231 e. The highest BCUT2D eigenvalue weighted by Gasteiger charge is 2.34. The van der Waals surface area contributed by atoms with Crippen LogP contribution in [-0.2, 0) is 11.2 Å². The number of aliphatic hydroxyl groups is 1. The molecule has 0 spiro atoms. The number of amides is 1. The number of rotatable bonds is 5. The Morgan fingerprint density at radius 2 is 1.80 bits per heavy atom. The van der Waals surface area contributed by atoms with Gasteiger partial charge in [-0.3, -0.25) is 9.69 Å². The summed E-state index contributed by atoms with van der Waals surface area (Å²) in [7, 11) is 0. The maximum absolute atomic E-state index is 13.7. The number of carbonyl (C=O) groups is 1. The van der Waals surface area contributed by atoms with E-state index in [1.807, 2.05) is 29.2 Å². The van der Waals surface area contributed by atoms with Crippen LogP contribution in [0.2, 0.25) is 5.02 Å². The summed E-state index contributed by atoms with van der Waals surface area (Å²) in [6.45, 7) is 7.23. The predicted octanol–water partition coefficient (Wildman–Crippen LogP) is 3.52. The Balaban J connectivity index is 0.00000171. The van der Waals surface area contributed by atoms with Crippen molar-refractivity contribution < 1.29 is 9.90 Å². The molecule has 0 bridgehead atoms. The van der Waals surface area contributed by atoms with Crippen LogP contribution in [0.1, 0.15) is 48.4 Å². The Bertz CT molecular complexity index is 1000. The zero-order valence-corrected chi connectivity index (χ0v) is 22.4. The molecule has 1 aromatic heterocycles. The minimum Gasteiger partial charge on any atom is -0.392 e. The lowest BCUT2D eigenvalue weighted by Crippen LogP contribution is -2.51. The van der Waals surface area contributed by atoms with Crippen molar-refractivity contribution >= 4 is 48.1 Å². The first-order valence-corrected chi connectivity index (χ1v) is 12.4. The Labute approximate surface area is 224 Å². The van der Waals surface area contributed by atoms with Crippen molar-refractivity contribution in [3.8, 4) is 0 Å². The molecule has 1 amide bonds. The molecule has 1 N–H and O–H groups in total. The molecule has 0 saturated carbocycles. The van der Waals surface area contributed by atoms with Gasteiger partial charge in [0.2, 0.25) is 5.91 Å². The van der Waals surface area contributed by atoms with E-state index in [9.17, 15) is 9.90 Å². The number of aryl methyl sites for hydroxylation is 1. The SMILES string of the molecule is C[C@@H]1CCc2ncnc(N3CCN(C(=O)C(CN4CC[C@@H](O)C4)c4ccc(Cl)cc4)CC3)c21.Cl.Cl. The third-order valence-electron chi connectivity index (χ3n) is 7.40. The number of aliphatic hydroxyl groups excluding tert-OH is 1. The van der Waals surface area contributed by atoms with Crippen molar-refractivity contribution in [3.63, 3.8) is 0 Å². The first kappa shape index (κ1) is 27.9. The highest BCUT2D eigenvalue weighted by molar-refractivity contribution is 6.30. The second kappa shape index (κ2) is 12.1. The standard InChI is InChI=1S/C25H32ClN5O2.2ClH/c1-17-2-7-22-23(17)24(28-16-27-22)30-10-12-31(13-11-30)25(33)21(15-29-9-8-20(32)14-29)18-3-5-19(26)6-4-18;;/h3-6,16-17,20-21,32H,2,7-15H2,1H3;2*1H/t17-,20-,21?;;/m1../s1. The number of hydrogen-bond donors (Lipinski definition) is 1. The molecule has 2 fully saturated rings. The molecule has 2 saturated heterocycles. The molecule has 3 aliphatic rings.